The molecular formula is C9H12N4S3. The molecule has 0 saturated heterocycles. The maximum Gasteiger partial charge on any atom is 0.212 e. The first-order chi connectivity index (χ1) is 7.76. The fourth-order valence-corrected chi connectivity index (χ4v) is 2.52. The van der Waals surface area contributed by atoms with E-state index in [0.29, 0.717) is 16.8 Å². The van der Waals surface area contributed by atoms with Crippen LogP contribution in [0.3, 0.4) is 0 Å². The molecule has 1 rings (SSSR count). The Morgan fingerprint density at radius 1 is 1.44 bits per heavy atom. The summed E-state index contributed by atoms with van der Waals surface area (Å²) in [7, 11) is 0. The molecule has 16 heavy (non-hydrogen) atoms. The molecule has 1 aromatic heterocycles. The number of nitrogens with zero attached hydrogens (tertiary/aromatic N) is 2. The average Bonchev–Trinajstić information content (AvgIpc) is 2.71. The van der Waals surface area contributed by atoms with Crippen LogP contribution >= 0.6 is 35.3 Å². The van der Waals surface area contributed by atoms with Crippen molar-refractivity contribution >= 4 is 45.6 Å². The number of rotatable bonds is 6. The molecule has 1 heterocycles. The van der Waals surface area contributed by atoms with E-state index in [0.717, 1.165) is 10.1 Å². The van der Waals surface area contributed by atoms with Crippen molar-refractivity contribution in [2.75, 3.05) is 17.6 Å². The van der Waals surface area contributed by atoms with Gasteiger partial charge in [-0.3, -0.25) is 0 Å². The van der Waals surface area contributed by atoms with Gasteiger partial charge in [-0.2, -0.15) is 0 Å². The maximum absolute atomic E-state index is 5.04. The second kappa shape index (κ2) is 7.37. The SMILES string of the molecule is C=CCNC(=S)Nc1nnc(SCC=C)s1. The van der Waals surface area contributed by atoms with Crippen molar-refractivity contribution in [3.63, 3.8) is 0 Å². The Morgan fingerprint density at radius 2 is 2.25 bits per heavy atom. The summed E-state index contributed by atoms with van der Waals surface area (Å²) in [5.74, 6) is 0.827. The lowest BCUT2D eigenvalue weighted by Gasteiger charge is -2.04. The third kappa shape index (κ3) is 4.73. The Morgan fingerprint density at radius 3 is 2.94 bits per heavy atom. The van der Waals surface area contributed by atoms with Crippen LogP contribution < -0.4 is 10.6 Å². The third-order valence-corrected chi connectivity index (χ3v) is 3.57. The van der Waals surface area contributed by atoms with Crippen molar-refractivity contribution in [3.05, 3.63) is 25.3 Å². The zero-order valence-corrected chi connectivity index (χ0v) is 11.1. The van der Waals surface area contributed by atoms with Gasteiger partial charge in [-0.1, -0.05) is 35.3 Å². The van der Waals surface area contributed by atoms with Crippen LogP contribution in [0.1, 0.15) is 0 Å². The van der Waals surface area contributed by atoms with E-state index in [2.05, 4.69) is 34.0 Å². The van der Waals surface area contributed by atoms with E-state index in [-0.39, 0.29) is 0 Å². The minimum Gasteiger partial charge on any atom is -0.359 e. The maximum atomic E-state index is 5.04. The summed E-state index contributed by atoms with van der Waals surface area (Å²) in [6.45, 7) is 7.86. The van der Waals surface area contributed by atoms with Gasteiger partial charge in [-0.05, 0) is 12.2 Å². The summed E-state index contributed by atoms with van der Waals surface area (Å²) >= 11 is 8.10. The van der Waals surface area contributed by atoms with Crippen LogP contribution in [0, 0.1) is 0 Å². The lowest BCUT2D eigenvalue weighted by Crippen LogP contribution is -2.28. The standard InChI is InChI=1S/C9H12N4S3/c1-3-5-10-7(14)11-8-12-13-9(16-8)15-6-4-2/h3-4H,1-2,5-6H2,(H2,10,11,12,14). The van der Waals surface area contributed by atoms with E-state index in [1.54, 1.807) is 17.8 Å². The van der Waals surface area contributed by atoms with Crippen LogP contribution in [0.5, 0.6) is 0 Å². The van der Waals surface area contributed by atoms with Crippen LogP contribution in [0.2, 0.25) is 0 Å². The molecule has 0 amide bonds. The van der Waals surface area contributed by atoms with E-state index < -0.39 is 0 Å². The van der Waals surface area contributed by atoms with Gasteiger partial charge in [0.05, 0.1) is 0 Å². The van der Waals surface area contributed by atoms with Crippen molar-refractivity contribution in [3.8, 4) is 0 Å². The minimum absolute atomic E-state index is 0.524. The van der Waals surface area contributed by atoms with Gasteiger partial charge in [-0.15, -0.1) is 23.4 Å². The van der Waals surface area contributed by atoms with Crippen molar-refractivity contribution in [2.45, 2.75) is 4.34 Å². The molecule has 0 saturated carbocycles. The van der Waals surface area contributed by atoms with Crippen LogP contribution in [-0.4, -0.2) is 27.6 Å². The highest BCUT2D eigenvalue weighted by Gasteiger charge is 2.04. The van der Waals surface area contributed by atoms with Crippen LogP contribution in [-0.2, 0) is 0 Å². The number of hydrogen-bond acceptors (Lipinski definition) is 5. The van der Waals surface area contributed by atoms with Crippen LogP contribution in [0.4, 0.5) is 5.13 Å². The first kappa shape index (κ1) is 13.1. The van der Waals surface area contributed by atoms with Crippen molar-refractivity contribution in [2.24, 2.45) is 0 Å². The average molecular weight is 272 g/mol. The predicted octanol–water partition coefficient (Wildman–Crippen LogP) is 2.29. The number of aromatic nitrogens is 2. The predicted molar refractivity (Wildman–Crippen MR) is 75.3 cm³/mol. The van der Waals surface area contributed by atoms with E-state index in [1.165, 1.54) is 11.3 Å². The quantitative estimate of drug-likeness (QED) is 0.471. The molecule has 0 aliphatic rings. The minimum atomic E-state index is 0.524. The van der Waals surface area contributed by atoms with E-state index >= 15 is 0 Å². The van der Waals surface area contributed by atoms with Gasteiger partial charge >= 0.3 is 0 Å². The molecule has 0 radical (unpaired) electrons. The highest BCUT2D eigenvalue weighted by molar-refractivity contribution is 8.01. The number of thiocarbonyl (C=S) groups is 1. The fraction of sp³-hybridized carbons (Fsp3) is 0.222. The Balaban J connectivity index is 2.41. The molecule has 0 unspecified atom stereocenters. The molecule has 1 aromatic rings. The first-order valence-electron chi connectivity index (χ1n) is 4.49. The molecule has 0 fully saturated rings. The number of anilines is 1. The van der Waals surface area contributed by atoms with Crippen LogP contribution in [0.25, 0.3) is 0 Å². The Labute approximate surface area is 108 Å². The van der Waals surface area contributed by atoms with Crippen molar-refractivity contribution < 1.29 is 0 Å². The fourth-order valence-electron chi connectivity index (χ4n) is 0.755. The van der Waals surface area contributed by atoms with Crippen LogP contribution in [0.15, 0.2) is 29.6 Å². The molecule has 2 N–H and O–H groups in total. The molecule has 0 aromatic carbocycles. The molecule has 86 valence electrons. The van der Waals surface area contributed by atoms with Gasteiger partial charge in [0.2, 0.25) is 5.13 Å². The second-order valence-electron chi connectivity index (χ2n) is 2.60. The summed E-state index contributed by atoms with van der Waals surface area (Å²) in [4.78, 5) is 0. The largest absolute Gasteiger partial charge is 0.359 e. The molecular weight excluding hydrogens is 260 g/mol. The molecule has 0 atom stereocenters. The number of nitrogens with one attached hydrogen (secondary N) is 2. The number of hydrogen-bond donors (Lipinski definition) is 2. The Hall–Kier alpha value is -0.920. The first-order valence-corrected chi connectivity index (χ1v) is 6.70. The lowest BCUT2D eigenvalue weighted by atomic mass is 10.6. The lowest BCUT2D eigenvalue weighted by molar-refractivity contribution is 1.01. The molecule has 0 spiro atoms. The summed E-state index contributed by atoms with van der Waals surface area (Å²) in [5, 5.41) is 15.1. The van der Waals surface area contributed by atoms with Gasteiger partial charge in [0, 0.05) is 12.3 Å². The third-order valence-electron chi connectivity index (χ3n) is 1.36. The van der Waals surface area contributed by atoms with E-state index in [9.17, 15) is 0 Å². The van der Waals surface area contributed by atoms with E-state index in [4.69, 9.17) is 12.2 Å². The topological polar surface area (TPSA) is 49.8 Å². The van der Waals surface area contributed by atoms with Gasteiger partial charge in [0.1, 0.15) is 0 Å². The Kier molecular flexibility index (Phi) is 6.05. The highest BCUT2D eigenvalue weighted by atomic mass is 32.2. The molecule has 4 nitrogen and oxygen atoms in total. The number of thioether (sulfide) groups is 1. The Bertz CT molecular complexity index is 375. The zero-order chi connectivity index (χ0) is 11.8. The summed E-state index contributed by atoms with van der Waals surface area (Å²) in [5.41, 5.74) is 0. The molecule has 7 heteroatoms. The molecule has 0 bridgehead atoms. The monoisotopic (exact) mass is 272 g/mol. The molecule has 0 aliphatic carbocycles. The van der Waals surface area contributed by atoms with E-state index in [1.807, 2.05) is 6.08 Å². The zero-order valence-electron chi connectivity index (χ0n) is 8.60. The van der Waals surface area contributed by atoms with Gasteiger partial charge < -0.3 is 10.6 Å². The van der Waals surface area contributed by atoms with Crippen molar-refractivity contribution in [1.29, 1.82) is 0 Å². The van der Waals surface area contributed by atoms with Gasteiger partial charge in [-0.25, -0.2) is 0 Å². The molecule has 0 aliphatic heterocycles. The summed E-state index contributed by atoms with van der Waals surface area (Å²) in [6, 6.07) is 0. The smallest absolute Gasteiger partial charge is 0.212 e. The van der Waals surface area contributed by atoms with Gasteiger partial charge in [0.25, 0.3) is 0 Å². The van der Waals surface area contributed by atoms with Gasteiger partial charge in [0.15, 0.2) is 9.45 Å². The second-order valence-corrected chi connectivity index (χ2v) is 5.25. The van der Waals surface area contributed by atoms with Crippen molar-refractivity contribution in [1.82, 2.24) is 15.5 Å². The highest BCUT2D eigenvalue weighted by Crippen LogP contribution is 2.25. The summed E-state index contributed by atoms with van der Waals surface area (Å²) in [6.07, 6.45) is 3.56. The normalized spacial score (nSPS) is 9.50. The summed E-state index contributed by atoms with van der Waals surface area (Å²) < 4.78 is 0.897.